The summed E-state index contributed by atoms with van der Waals surface area (Å²) in [6.07, 6.45) is 5.88. The Balaban J connectivity index is 1.39. The van der Waals surface area contributed by atoms with Crippen molar-refractivity contribution in [3.63, 3.8) is 0 Å². The zero-order valence-electron chi connectivity index (χ0n) is 14.5. The monoisotopic (exact) mass is 351 g/mol. The Hall–Kier alpha value is -2.63. The Morgan fingerprint density at radius 2 is 1.65 bits per heavy atom. The van der Waals surface area contributed by atoms with E-state index in [1.807, 2.05) is 35.4 Å². The summed E-state index contributed by atoms with van der Waals surface area (Å²) in [5.41, 5.74) is 1.66. The minimum absolute atomic E-state index is 0.0371. The van der Waals surface area contributed by atoms with E-state index in [0.29, 0.717) is 31.2 Å². The molecule has 5 rings (SSSR count). The first-order valence-electron chi connectivity index (χ1n) is 9.36. The SMILES string of the molecule is O=C1CCC(=O)N1C1CC2CCC(C1)N2C(=O)c1ccc2cc[nH]c2c1. The number of aromatic nitrogens is 1. The number of nitrogens with zero attached hydrogens (tertiary/aromatic N) is 2. The maximum atomic E-state index is 13.1. The Morgan fingerprint density at radius 1 is 0.962 bits per heavy atom. The zero-order valence-corrected chi connectivity index (χ0v) is 14.5. The molecule has 6 nitrogen and oxygen atoms in total. The molecule has 0 spiro atoms. The van der Waals surface area contributed by atoms with Crippen LogP contribution in [0.5, 0.6) is 0 Å². The fourth-order valence-corrected chi connectivity index (χ4v) is 5.02. The standard InChI is InChI=1S/C20H21N3O3/c24-18-5-6-19(25)23(18)16-10-14-3-4-15(11-16)22(14)20(26)13-2-1-12-7-8-21-17(12)9-13/h1-2,7-9,14-16,21H,3-6,10-11H2. The molecule has 2 unspecified atom stereocenters. The number of carbonyl (C=O) groups excluding carboxylic acids is 3. The maximum absolute atomic E-state index is 13.1. The quantitative estimate of drug-likeness (QED) is 0.845. The molecule has 3 amide bonds. The van der Waals surface area contributed by atoms with Crippen molar-refractivity contribution in [1.29, 1.82) is 0 Å². The zero-order chi connectivity index (χ0) is 17.8. The van der Waals surface area contributed by atoms with E-state index < -0.39 is 0 Å². The van der Waals surface area contributed by atoms with Gasteiger partial charge in [-0.1, -0.05) is 6.07 Å². The average molecular weight is 351 g/mol. The number of H-pyrrole nitrogens is 1. The number of rotatable bonds is 2. The van der Waals surface area contributed by atoms with Crippen LogP contribution >= 0.6 is 0 Å². The Bertz CT molecular complexity index is 888. The first-order valence-corrected chi connectivity index (χ1v) is 9.36. The molecule has 0 radical (unpaired) electrons. The molecule has 3 fully saturated rings. The second-order valence-electron chi connectivity index (χ2n) is 7.66. The summed E-state index contributed by atoms with van der Waals surface area (Å²) >= 11 is 0. The van der Waals surface area contributed by atoms with Gasteiger partial charge in [0.25, 0.3) is 5.91 Å². The molecule has 0 aliphatic carbocycles. The predicted octanol–water partition coefficient (Wildman–Crippen LogP) is 2.45. The number of fused-ring (bicyclic) bond motifs is 3. The molecule has 0 saturated carbocycles. The van der Waals surface area contributed by atoms with Gasteiger partial charge in [0.1, 0.15) is 0 Å². The van der Waals surface area contributed by atoms with E-state index in [-0.39, 0.29) is 35.8 Å². The van der Waals surface area contributed by atoms with Crippen LogP contribution in [0.3, 0.4) is 0 Å². The van der Waals surface area contributed by atoms with Gasteiger partial charge in [-0.05, 0) is 49.3 Å². The lowest BCUT2D eigenvalue weighted by atomic mass is 9.95. The summed E-state index contributed by atoms with van der Waals surface area (Å²) in [5, 5.41) is 1.09. The van der Waals surface area contributed by atoms with Gasteiger partial charge in [-0.15, -0.1) is 0 Å². The minimum Gasteiger partial charge on any atom is -0.361 e. The van der Waals surface area contributed by atoms with Gasteiger partial charge in [0, 0.05) is 48.2 Å². The van der Waals surface area contributed by atoms with Gasteiger partial charge in [0.05, 0.1) is 0 Å². The molecule has 4 heterocycles. The molecule has 1 N–H and O–H groups in total. The van der Waals surface area contributed by atoms with Crippen LogP contribution in [0.1, 0.15) is 48.9 Å². The van der Waals surface area contributed by atoms with Crippen LogP contribution in [0.4, 0.5) is 0 Å². The number of nitrogens with one attached hydrogen (secondary N) is 1. The molecule has 3 saturated heterocycles. The summed E-state index contributed by atoms with van der Waals surface area (Å²) in [4.78, 5) is 43.9. The van der Waals surface area contributed by atoms with Crippen LogP contribution in [-0.2, 0) is 9.59 Å². The highest BCUT2D eigenvalue weighted by Gasteiger charge is 2.47. The lowest BCUT2D eigenvalue weighted by molar-refractivity contribution is -0.142. The van der Waals surface area contributed by atoms with E-state index >= 15 is 0 Å². The predicted molar refractivity (Wildman–Crippen MR) is 95.4 cm³/mol. The molecule has 2 atom stereocenters. The number of imide groups is 1. The smallest absolute Gasteiger partial charge is 0.254 e. The van der Waals surface area contributed by atoms with Crippen molar-refractivity contribution in [3.8, 4) is 0 Å². The van der Waals surface area contributed by atoms with Crippen LogP contribution in [0.15, 0.2) is 30.5 Å². The molecular formula is C20H21N3O3. The van der Waals surface area contributed by atoms with E-state index in [9.17, 15) is 14.4 Å². The second kappa shape index (κ2) is 5.69. The third-order valence-corrected chi connectivity index (χ3v) is 6.20. The number of amides is 3. The van der Waals surface area contributed by atoms with Gasteiger partial charge in [0.15, 0.2) is 0 Å². The highest BCUT2D eigenvalue weighted by molar-refractivity contribution is 6.02. The van der Waals surface area contributed by atoms with Gasteiger partial charge < -0.3 is 9.88 Å². The fourth-order valence-electron chi connectivity index (χ4n) is 5.02. The van der Waals surface area contributed by atoms with Crippen molar-refractivity contribution in [2.24, 2.45) is 0 Å². The van der Waals surface area contributed by atoms with Crippen LogP contribution < -0.4 is 0 Å². The van der Waals surface area contributed by atoms with Crippen molar-refractivity contribution in [3.05, 3.63) is 36.0 Å². The van der Waals surface area contributed by atoms with Gasteiger partial charge >= 0.3 is 0 Å². The van der Waals surface area contributed by atoms with E-state index in [0.717, 1.165) is 23.7 Å². The van der Waals surface area contributed by atoms with E-state index in [1.54, 1.807) is 0 Å². The van der Waals surface area contributed by atoms with Gasteiger partial charge in [-0.2, -0.15) is 0 Å². The maximum Gasteiger partial charge on any atom is 0.254 e. The lowest BCUT2D eigenvalue weighted by Gasteiger charge is -2.41. The molecule has 2 aromatic rings. The van der Waals surface area contributed by atoms with Crippen LogP contribution in [-0.4, -0.2) is 50.6 Å². The van der Waals surface area contributed by atoms with Crippen molar-refractivity contribution >= 4 is 28.6 Å². The lowest BCUT2D eigenvalue weighted by Crippen LogP contribution is -2.53. The van der Waals surface area contributed by atoms with Crippen molar-refractivity contribution < 1.29 is 14.4 Å². The second-order valence-corrected chi connectivity index (χ2v) is 7.66. The molecule has 3 aliphatic rings. The summed E-state index contributed by atoms with van der Waals surface area (Å²) in [6.45, 7) is 0. The number of hydrogen-bond donors (Lipinski definition) is 1. The Morgan fingerprint density at radius 3 is 2.35 bits per heavy atom. The summed E-state index contributed by atoms with van der Waals surface area (Å²) in [7, 11) is 0. The van der Waals surface area contributed by atoms with Crippen molar-refractivity contribution in [1.82, 2.24) is 14.8 Å². The van der Waals surface area contributed by atoms with Crippen molar-refractivity contribution in [2.45, 2.75) is 56.7 Å². The van der Waals surface area contributed by atoms with E-state index in [1.165, 1.54) is 4.90 Å². The first-order chi connectivity index (χ1) is 12.6. The van der Waals surface area contributed by atoms with Crippen LogP contribution in [0.2, 0.25) is 0 Å². The Labute approximate surface area is 151 Å². The molecule has 134 valence electrons. The number of hydrogen-bond acceptors (Lipinski definition) is 3. The minimum atomic E-state index is -0.0450. The molecule has 6 heteroatoms. The average Bonchev–Trinajstić information content (AvgIpc) is 3.30. The number of benzene rings is 1. The number of piperidine rings is 1. The molecular weight excluding hydrogens is 330 g/mol. The molecule has 1 aromatic heterocycles. The van der Waals surface area contributed by atoms with Crippen LogP contribution in [0.25, 0.3) is 10.9 Å². The third kappa shape index (κ3) is 2.28. The molecule has 26 heavy (non-hydrogen) atoms. The number of likely N-dealkylation sites (tertiary alicyclic amines) is 1. The summed E-state index contributed by atoms with van der Waals surface area (Å²) < 4.78 is 0. The van der Waals surface area contributed by atoms with Gasteiger partial charge in [-0.3, -0.25) is 19.3 Å². The van der Waals surface area contributed by atoms with E-state index in [2.05, 4.69) is 4.98 Å². The molecule has 2 bridgehead atoms. The van der Waals surface area contributed by atoms with Crippen molar-refractivity contribution in [2.75, 3.05) is 0 Å². The Kier molecular flexibility index (Phi) is 3.42. The number of aromatic amines is 1. The van der Waals surface area contributed by atoms with Gasteiger partial charge in [-0.25, -0.2) is 0 Å². The fraction of sp³-hybridized carbons (Fsp3) is 0.450. The highest BCUT2D eigenvalue weighted by atomic mass is 16.2. The first kappa shape index (κ1) is 15.6. The molecule has 1 aromatic carbocycles. The molecule has 3 aliphatic heterocycles. The van der Waals surface area contributed by atoms with Crippen LogP contribution in [0, 0.1) is 0 Å². The summed E-state index contributed by atoms with van der Waals surface area (Å²) in [6, 6.07) is 7.95. The highest BCUT2D eigenvalue weighted by Crippen LogP contribution is 2.39. The third-order valence-electron chi connectivity index (χ3n) is 6.20. The summed E-state index contributed by atoms with van der Waals surface area (Å²) in [5.74, 6) is -0.0285. The number of carbonyl (C=O) groups is 3. The largest absolute Gasteiger partial charge is 0.361 e. The normalized spacial score (nSPS) is 28.4. The van der Waals surface area contributed by atoms with E-state index in [4.69, 9.17) is 0 Å². The van der Waals surface area contributed by atoms with Gasteiger partial charge in [0.2, 0.25) is 11.8 Å². The topological polar surface area (TPSA) is 73.5 Å².